The van der Waals surface area contributed by atoms with E-state index >= 15 is 0 Å². The number of aromatic nitrogens is 5. The summed E-state index contributed by atoms with van der Waals surface area (Å²) in [5.41, 5.74) is 2.36. The fraction of sp³-hybridized carbons (Fsp3) is 0.280. The molecule has 0 bridgehead atoms. The van der Waals surface area contributed by atoms with E-state index in [9.17, 15) is 9.18 Å². The minimum absolute atomic E-state index is 0.0234. The first-order chi connectivity index (χ1) is 17.0. The molecule has 3 aromatic heterocycles. The lowest BCUT2D eigenvalue weighted by Gasteiger charge is -2.23. The number of anilines is 1. The average molecular weight is 495 g/mol. The standard InChI is InChI=1S/C25H24ClFN6O2/c1-32-15-18(14-29-32)24(17-2-3-20(26)21(27)12-17)33-9-5-16(13-23(33)34)22-4-8-28-25(31-22)30-19-6-10-35-11-7-19/h2-5,8-9,12-15,19,24H,6-7,10-11H2,1H3,(H,28,30,31)/t24-/m1/s1. The number of hydrogen-bond acceptors (Lipinski definition) is 6. The molecule has 4 heterocycles. The first-order valence-corrected chi connectivity index (χ1v) is 11.7. The Labute approximate surface area is 206 Å². The maximum Gasteiger partial charge on any atom is 0.252 e. The number of aryl methyl sites for hydroxylation is 1. The van der Waals surface area contributed by atoms with E-state index in [2.05, 4.69) is 20.4 Å². The molecule has 1 saturated heterocycles. The van der Waals surface area contributed by atoms with Gasteiger partial charge in [-0.1, -0.05) is 17.7 Å². The molecule has 1 aliphatic rings. The zero-order valence-corrected chi connectivity index (χ0v) is 19.8. The number of nitrogens with one attached hydrogen (secondary N) is 1. The van der Waals surface area contributed by atoms with Crippen molar-refractivity contribution in [1.82, 2.24) is 24.3 Å². The summed E-state index contributed by atoms with van der Waals surface area (Å²) in [5.74, 6) is -0.0308. The smallest absolute Gasteiger partial charge is 0.252 e. The van der Waals surface area contributed by atoms with Crippen LogP contribution in [-0.4, -0.2) is 43.6 Å². The fourth-order valence-electron chi connectivity index (χ4n) is 4.25. The van der Waals surface area contributed by atoms with Crippen LogP contribution in [0.3, 0.4) is 0 Å². The van der Waals surface area contributed by atoms with E-state index < -0.39 is 11.9 Å². The fourth-order valence-corrected chi connectivity index (χ4v) is 4.37. The molecule has 0 radical (unpaired) electrons. The number of pyridine rings is 1. The van der Waals surface area contributed by atoms with Crippen molar-refractivity contribution < 1.29 is 9.13 Å². The Hall–Kier alpha value is -3.56. The normalized spacial score (nSPS) is 15.2. The van der Waals surface area contributed by atoms with Crippen LogP contribution in [0.4, 0.5) is 10.3 Å². The Balaban J connectivity index is 1.48. The van der Waals surface area contributed by atoms with Crippen LogP contribution in [0.1, 0.15) is 30.0 Å². The Morgan fingerprint density at radius 1 is 1.17 bits per heavy atom. The van der Waals surface area contributed by atoms with Crippen LogP contribution in [0, 0.1) is 5.82 Å². The molecule has 0 aliphatic carbocycles. The molecule has 35 heavy (non-hydrogen) atoms. The van der Waals surface area contributed by atoms with Gasteiger partial charge in [0.2, 0.25) is 5.95 Å². The molecular formula is C25H24ClFN6O2. The second-order valence-electron chi connectivity index (χ2n) is 8.48. The monoisotopic (exact) mass is 494 g/mol. The molecule has 10 heteroatoms. The average Bonchev–Trinajstić information content (AvgIpc) is 3.29. The van der Waals surface area contributed by atoms with Crippen LogP contribution in [0.5, 0.6) is 0 Å². The third kappa shape index (κ3) is 5.11. The van der Waals surface area contributed by atoms with Crippen LogP contribution in [0.2, 0.25) is 5.02 Å². The van der Waals surface area contributed by atoms with E-state index in [1.807, 2.05) is 6.07 Å². The number of halogens is 2. The number of ether oxygens (including phenoxy) is 1. The van der Waals surface area contributed by atoms with E-state index in [1.54, 1.807) is 53.2 Å². The van der Waals surface area contributed by atoms with Crippen molar-refractivity contribution in [3.63, 3.8) is 0 Å². The Morgan fingerprint density at radius 3 is 2.71 bits per heavy atom. The van der Waals surface area contributed by atoms with Gasteiger partial charge in [-0.2, -0.15) is 5.10 Å². The van der Waals surface area contributed by atoms with E-state index in [0.717, 1.165) is 18.4 Å². The molecule has 1 fully saturated rings. The number of nitrogens with zero attached hydrogens (tertiary/aromatic N) is 5. The van der Waals surface area contributed by atoms with Crippen molar-refractivity contribution in [2.75, 3.05) is 18.5 Å². The lowest BCUT2D eigenvalue weighted by Crippen LogP contribution is -2.28. The highest BCUT2D eigenvalue weighted by atomic mass is 35.5. The minimum Gasteiger partial charge on any atom is -0.381 e. The van der Waals surface area contributed by atoms with Crippen LogP contribution < -0.4 is 10.9 Å². The predicted molar refractivity (Wildman–Crippen MR) is 131 cm³/mol. The van der Waals surface area contributed by atoms with Crippen LogP contribution in [0.25, 0.3) is 11.3 Å². The van der Waals surface area contributed by atoms with Crippen molar-refractivity contribution in [2.24, 2.45) is 7.05 Å². The third-order valence-corrected chi connectivity index (χ3v) is 6.34. The SMILES string of the molecule is Cn1cc([C@@H](c2ccc(Cl)c(F)c2)n2ccc(-c3ccnc(NC4CCOCC4)n3)cc2=O)cn1. The molecule has 1 N–H and O–H groups in total. The summed E-state index contributed by atoms with van der Waals surface area (Å²) in [7, 11) is 1.79. The van der Waals surface area contributed by atoms with Gasteiger partial charge in [-0.25, -0.2) is 14.4 Å². The summed E-state index contributed by atoms with van der Waals surface area (Å²) in [4.78, 5) is 22.2. The molecule has 0 amide bonds. The van der Waals surface area contributed by atoms with E-state index in [-0.39, 0.29) is 16.6 Å². The highest BCUT2D eigenvalue weighted by Crippen LogP contribution is 2.28. The third-order valence-electron chi connectivity index (χ3n) is 6.03. The van der Waals surface area contributed by atoms with Gasteiger partial charge in [-0.15, -0.1) is 0 Å². The van der Waals surface area contributed by atoms with E-state index in [1.165, 1.54) is 18.2 Å². The van der Waals surface area contributed by atoms with Gasteiger partial charge in [0, 0.05) is 62.1 Å². The number of benzene rings is 1. The van der Waals surface area contributed by atoms with Gasteiger partial charge < -0.3 is 14.6 Å². The Bertz CT molecular complexity index is 1400. The zero-order chi connectivity index (χ0) is 24.4. The number of rotatable bonds is 6. The molecule has 4 aromatic rings. The lowest BCUT2D eigenvalue weighted by molar-refractivity contribution is 0.0903. The predicted octanol–water partition coefficient (Wildman–Crippen LogP) is 4.06. The quantitative estimate of drug-likeness (QED) is 0.435. The van der Waals surface area contributed by atoms with Crippen molar-refractivity contribution in [3.8, 4) is 11.3 Å². The van der Waals surface area contributed by atoms with E-state index in [0.29, 0.717) is 36.0 Å². The maximum atomic E-state index is 14.3. The molecule has 8 nitrogen and oxygen atoms in total. The van der Waals surface area contributed by atoms with Gasteiger partial charge >= 0.3 is 0 Å². The zero-order valence-electron chi connectivity index (χ0n) is 19.1. The molecule has 180 valence electrons. The Morgan fingerprint density at radius 2 is 2.00 bits per heavy atom. The summed E-state index contributed by atoms with van der Waals surface area (Å²) in [5, 5.41) is 7.60. The highest BCUT2D eigenvalue weighted by Gasteiger charge is 2.21. The minimum atomic E-state index is -0.576. The van der Waals surface area contributed by atoms with Gasteiger partial charge in [0.1, 0.15) is 5.82 Å². The molecule has 1 aromatic carbocycles. The summed E-state index contributed by atoms with van der Waals surface area (Å²) in [6.07, 6.45) is 8.61. The van der Waals surface area contributed by atoms with Gasteiger partial charge in [-0.05, 0) is 42.7 Å². The molecule has 5 rings (SSSR count). The Kier molecular flexibility index (Phi) is 6.61. The summed E-state index contributed by atoms with van der Waals surface area (Å²) >= 11 is 5.89. The maximum absolute atomic E-state index is 14.3. The second kappa shape index (κ2) is 9.97. The van der Waals surface area contributed by atoms with Crippen LogP contribution in [-0.2, 0) is 11.8 Å². The second-order valence-corrected chi connectivity index (χ2v) is 8.89. The summed E-state index contributed by atoms with van der Waals surface area (Å²) in [6.45, 7) is 1.43. The highest BCUT2D eigenvalue weighted by molar-refractivity contribution is 6.30. The molecule has 1 atom stereocenters. The molecular weight excluding hydrogens is 471 g/mol. The van der Waals surface area contributed by atoms with Crippen molar-refractivity contribution in [1.29, 1.82) is 0 Å². The van der Waals surface area contributed by atoms with Crippen LogP contribution in [0.15, 0.2) is 66.0 Å². The molecule has 1 aliphatic heterocycles. The largest absolute Gasteiger partial charge is 0.381 e. The summed E-state index contributed by atoms with van der Waals surface area (Å²) in [6, 6.07) is 9.33. The summed E-state index contributed by atoms with van der Waals surface area (Å²) < 4.78 is 22.9. The molecule has 0 unspecified atom stereocenters. The topological polar surface area (TPSA) is 86.9 Å². The first kappa shape index (κ1) is 23.2. The van der Waals surface area contributed by atoms with Crippen molar-refractivity contribution in [2.45, 2.75) is 24.9 Å². The molecule has 0 spiro atoms. The van der Waals surface area contributed by atoms with E-state index in [4.69, 9.17) is 16.3 Å². The van der Waals surface area contributed by atoms with Gasteiger partial charge in [0.25, 0.3) is 5.56 Å². The van der Waals surface area contributed by atoms with Crippen molar-refractivity contribution in [3.05, 3.63) is 93.5 Å². The lowest BCUT2D eigenvalue weighted by atomic mass is 10.0. The van der Waals surface area contributed by atoms with Gasteiger partial charge in [-0.3, -0.25) is 9.48 Å². The van der Waals surface area contributed by atoms with Gasteiger partial charge in [0.15, 0.2) is 0 Å². The van der Waals surface area contributed by atoms with Gasteiger partial charge in [0.05, 0.1) is 23.0 Å². The first-order valence-electron chi connectivity index (χ1n) is 11.3. The van der Waals surface area contributed by atoms with Crippen molar-refractivity contribution >= 4 is 17.5 Å². The molecule has 0 saturated carbocycles. The number of hydrogen-bond donors (Lipinski definition) is 1. The van der Waals surface area contributed by atoms with Crippen LogP contribution >= 0.6 is 11.6 Å².